The maximum absolute atomic E-state index is 8.95. The highest BCUT2D eigenvalue weighted by atomic mass is 16.5. The van der Waals surface area contributed by atoms with Crippen molar-refractivity contribution in [2.45, 2.75) is 44.8 Å². The summed E-state index contributed by atoms with van der Waals surface area (Å²) in [5.41, 5.74) is 2.58. The Kier molecular flexibility index (Phi) is 7.71. The summed E-state index contributed by atoms with van der Waals surface area (Å²) < 4.78 is 6.11. The van der Waals surface area contributed by atoms with Crippen LogP contribution in [-0.2, 0) is 17.8 Å². The molecule has 0 fully saturated rings. The molecule has 0 aliphatic carbocycles. The highest BCUT2D eigenvalue weighted by molar-refractivity contribution is 5.15. The van der Waals surface area contributed by atoms with E-state index in [9.17, 15) is 0 Å². The van der Waals surface area contributed by atoms with Crippen LogP contribution in [0.5, 0.6) is 0 Å². The van der Waals surface area contributed by atoms with Gasteiger partial charge in [-0.1, -0.05) is 60.7 Å². The van der Waals surface area contributed by atoms with Crippen molar-refractivity contribution in [3.05, 3.63) is 71.8 Å². The van der Waals surface area contributed by atoms with Crippen molar-refractivity contribution in [1.82, 2.24) is 0 Å². The molecular weight excluding hydrogens is 272 g/mol. The van der Waals surface area contributed by atoms with Gasteiger partial charge in [0.25, 0.3) is 0 Å². The third kappa shape index (κ3) is 6.42. The first-order valence-corrected chi connectivity index (χ1v) is 8.19. The summed E-state index contributed by atoms with van der Waals surface area (Å²) >= 11 is 0. The molecule has 22 heavy (non-hydrogen) atoms. The summed E-state index contributed by atoms with van der Waals surface area (Å²) in [4.78, 5) is 0. The molecule has 0 aliphatic heterocycles. The van der Waals surface area contributed by atoms with E-state index >= 15 is 0 Å². The fraction of sp³-hybridized carbons (Fsp3) is 0.400. The van der Waals surface area contributed by atoms with Crippen LogP contribution < -0.4 is 0 Å². The first-order valence-electron chi connectivity index (χ1n) is 8.19. The van der Waals surface area contributed by atoms with Gasteiger partial charge in [-0.25, -0.2) is 0 Å². The number of rotatable bonds is 10. The highest BCUT2D eigenvalue weighted by Gasteiger charge is 2.10. The van der Waals surface area contributed by atoms with E-state index in [1.165, 1.54) is 11.1 Å². The number of aliphatic hydroxyl groups excluding tert-OH is 1. The zero-order valence-electron chi connectivity index (χ0n) is 13.2. The number of aryl methyl sites for hydroxylation is 1. The molecule has 1 unspecified atom stereocenters. The van der Waals surface area contributed by atoms with Gasteiger partial charge >= 0.3 is 0 Å². The minimum absolute atomic E-state index is 0.256. The van der Waals surface area contributed by atoms with Crippen LogP contribution in [0.2, 0.25) is 0 Å². The Morgan fingerprint density at radius 2 is 1.41 bits per heavy atom. The Balaban J connectivity index is 1.82. The number of ether oxygens (including phenoxy) is 1. The molecule has 2 rings (SSSR count). The normalized spacial score (nSPS) is 12.2. The number of hydrogen-bond donors (Lipinski definition) is 1. The second-order valence-electron chi connectivity index (χ2n) is 5.66. The standard InChI is InChI=1S/C20H26O2/c21-16-8-7-13-20(15-14-18-9-3-1-4-10-18)22-17-19-11-5-2-6-12-19/h1-6,9-12,20-21H,7-8,13-17H2. The highest BCUT2D eigenvalue weighted by Crippen LogP contribution is 2.15. The molecule has 1 N–H and O–H groups in total. The van der Waals surface area contributed by atoms with E-state index in [-0.39, 0.29) is 12.7 Å². The lowest BCUT2D eigenvalue weighted by molar-refractivity contribution is 0.0273. The number of aliphatic hydroxyl groups is 1. The molecule has 0 amide bonds. The molecule has 0 radical (unpaired) electrons. The molecule has 1 atom stereocenters. The van der Waals surface area contributed by atoms with Gasteiger partial charge in [-0.05, 0) is 43.2 Å². The molecule has 2 nitrogen and oxygen atoms in total. The van der Waals surface area contributed by atoms with Gasteiger partial charge in [0.05, 0.1) is 12.7 Å². The van der Waals surface area contributed by atoms with Crippen molar-refractivity contribution >= 4 is 0 Å². The smallest absolute Gasteiger partial charge is 0.0720 e. The fourth-order valence-electron chi connectivity index (χ4n) is 2.56. The molecule has 0 aliphatic rings. The average molecular weight is 298 g/mol. The number of hydrogen-bond acceptors (Lipinski definition) is 2. The number of benzene rings is 2. The SMILES string of the molecule is OCCCCC(CCc1ccccc1)OCc1ccccc1. The Labute approximate surface area is 133 Å². The van der Waals surface area contributed by atoms with Crippen LogP contribution in [0, 0.1) is 0 Å². The minimum Gasteiger partial charge on any atom is -0.396 e. The fourth-order valence-corrected chi connectivity index (χ4v) is 2.56. The maximum atomic E-state index is 8.95. The Morgan fingerprint density at radius 1 is 0.773 bits per heavy atom. The van der Waals surface area contributed by atoms with Gasteiger partial charge in [0.15, 0.2) is 0 Å². The van der Waals surface area contributed by atoms with Gasteiger partial charge in [0.1, 0.15) is 0 Å². The van der Waals surface area contributed by atoms with Crippen LogP contribution in [0.15, 0.2) is 60.7 Å². The monoisotopic (exact) mass is 298 g/mol. The van der Waals surface area contributed by atoms with Crippen LogP contribution in [0.3, 0.4) is 0 Å². The summed E-state index contributed by atoms with van der Waals surface area (Å²) in [6.07, 6.45) is 5.22. The molecule has 0 aromatic heterocycles. The van der Waals surface area contributed by atoms with Crippen molar-refractivity contribution in [2.75, 3.05) is 6.61 Å². The molecule has 2 aromatic rings. The van der Waals surface area contributed by atoms with E-state index < -0.39 is 0 Å². The van der Waals surface area contributed by atoms with Crippen LogP contribution in [0.25, 0.3) is 0 Å². The topological polar surface area (TPSA) is 29.5 Å². The predicted octanol–water partition coefficient (Wildman–Crippen LogP) is 4.37. The molecule has 0 bridgehead atoms. The van der Waals surface area contributed by atoms with E-state index in [1.54, 1.807) is 0 Å². The zero-order chi connectivity index (χ0) is 15.5. The second-order valence-corrected chi connectivity index (χ2v) is 5.66. The summed E-state index contributed by atoms with van der Waals surface area (Å²) in [7, 11) is 0. The van der Waals surface area contributed by atoms with Gasteiger partial charge < -0.3 is 9.84 Å². The summed E-state index contributed by atoms with van der Waals surface area (Å²) in [5, 5.41) is 8.95. The van der Waals surface area contributed by atoms with Crippen molar-refractivity contribution in [2.24, 2.45) is 0 Å². The lowest BCUT2D eigenvalue weighted by Crippen LogP contribution is -2.14. The first-order chi connectivity index (χ1) is 10.9. The molecule has 0 heterocycles. The summed E-state index contributed by atoms with van der Waals surface area (Å²) in [6, 6.07) is 20.9. The molecule has 0 saturated carbocycles. The molecule has 0 saturated heterocycles. The first kappa shape index (κ1) is 16.7. The lowest BCUT2D eigenvalue weighted by Gasteiger charge is -2.18. The molecule has 2 heteroatoms. The molecule has 2 aromatic carbocycles. The van der Waals surface area contributed by atoms with Gasteiger partial charge in [-0.3, -0.25) is 0 Å². The van der Waals surface area contributed by atoms with Crippen molar-refractivity contribution < 1.29 is 9.84 Å². The summed E-state index contributed by atoms with van der Waals surface area (Å²) in [5.74, 6) is 0. The van der Waals surface area contributed by atoms with E-state index in [4.69, 9.17) is 9.84 Å². The van der Waals surface area contributed by atoms with Gasteiger partial charge in [0.2, 0.25) is 0 Å². The Hall–Kier alpha value is -1.64. The van der Waals surface area contributed by atoms with Crippen molar-refractivity contribution in [3.63, 3.8) is 0 Å². The molecule has 0 spiro atoms. The second kappa shape index (κ2) is 10.1. The zero-order valence-corrected chi connectivity index (χ0v) is 13.2. The van der Waals surface area contributed by atoms with Gasteiger partial charge in [-0.15, -0.1) is 0 Å². The van der Waals surface area contributed by atoms with E-state index in [0.29, 0.717) is 6.61 Å². The lowest BCUT2D eigenvalue weighted by atomic mass is 10.0. The van der Waals surface area contributed by atoms with Crippen LogP contribution in [-0.4, -0.2) is 17.8 Å². The molecule has 118 valence electrons. The summed E-state index contributed by atoms with van der Waals surface area (Å²) in [6.45, 7) is 0.934. The quantitative estimate of drug-likeness (QED) is 0.660. The van der Waals surface area contributed by atoms with E-state index in [0.717, 1.165) is 32.1 Å². The largest absolute Gasteiger partial charge is 0.396 e. The number of unbranched alkanes of at least 4 members (excludes halogenated alkanes) is 1. The third-order valence-corrected chi connectivity index (χ3v) is 3.86. The van der Waals surface area contributed by atoms with Gasteiger partial charge in [-0.2, -0.15) is 0 Å². The van der Waals surface area contributed by atoms with E-state index in [1.807, 2.05) is 24.3 Å². The Bertz CT molecular complexity index is 452. The average Bonchev–Trinajstić information content (AvgIpc) is 2.59. The van der Waals surface area contributed by atoms with Crippen molar-refractivity contribution in [1.29, 1.82) is 0 Å². The maximum Gasteiger partial charge on any atom is 0.0720 e. The molecular formula is C20H26O2. The van der Waals surface area contributed by atoms with E-state index in [2.05, 4.69) is 36.4 Å². The van der Waals surface area contributed by atoms with Crippen LogP contribution >= 0.6 is 0 Å². The van der Waals surface area contributed by atoms with Crippen LogP contribution in [0.4, 0.5) is 0 Å². The third-order valence-electron chi connectivity index (χ3n) is 3.86. The minimum atomic E-state index is 0.256. The van der Waals surface area contributed by atoms with Crippen LogP contribution in [0.1, 0.15) is 36.8 Å². The predicted molar refractivity (Wildman–Crippen MR) is 90.7 cm³/mol. The van der Waals surface area contributed by atoms with Gasteiger partial charge in [0, 0.05) is 6.61 Å². The van der Waals surface area contributed by atoms with Crippen molar-refractivity contribution in [3.8, 4) is 0 Å². The Morgan fingerprint density at radius 3 is 2.05 bits per heavy atom.